The maximum atomic E-state index is 15.8. The molecule has 5 heterocycles. The number of anilines is 2. The average molecular weight is 1190 g/mol. The van der Waals surface area contributed by atoms with Gasteiger partial charge in [-0.05, 0) is 130 Å². The highest BCUT2D eigenvalue weighted by Gasteiger charge is 2.83. The van der Waals surface area contributed by atoms with Gasteiger partial charge in [-0.2, -0.15) is 0 Å². The van der Waals surface area contributed by atoms with Crippen molar-refractivity contribution in [1.82, 2.24) is 9.80 Å². The van der Waals surface area contributed by atoms with Crippen molar-refractivity contribution >= 4 is 35.4 Å². The summed E-state index contributed by atoms with van der Waals surface area (Å²) >= 11 is 0. The van der Waals surface area contributed by atoms with Gasteiger partial charge in [-0.1, -0.05) is 113 Å². The second kappa shape index (κ2) is 23.7. The summed E-state index contributed by atoms with van der Waals surface area (Å²) < 4.78 is 38.4. The number of aliphatic hydroxyl groups is 2. The third-order valence-corrected chi connectivity index (χ3v) is 20.9. The Morgan fingerprint density at radius 1 is 0.802 bits per heavy atom. The molecule has 2 aromatic carbocycles. The van der Waals surface area contributed by atoms with Crippen LogP contribution >= 0.6 is 0 Å². The minimum absolute atomic E-state index is 0.160. The number of benzene rings is 2. The van der Waals surface area contributed by atoms with E-state index in [9.17, 15) is 15.0 Å². The highest BCUT2D eigenvalue weighted by Crippen LogP contribution is 2.69. The van der Waals surface area contributed by atoms with Gasteiger partial charge in [0.25, 0.3) is 5.60 Å². The lowest BCUT2D eigenvalue weighted by molar-refractivity contribution is -0.238. The number of allylic oxidation sites excluding steroid dienone is 6. The van der Waals surface area contributed by atoms with Gasteiger partial charge in [-0.3, -0.25) is 24.2 Å². The van der Waals surface area contributed by atoms with E-state index >= 15 is 14.4 Å². The van der Waals surface area contributed by atoms with Crippen molar-refractivity contribution in [3.05, 3.63) is 124 Å². The van der Waals surface area contributed by atoms with Crippen molar-refractivity contribution in [2.24, 2.45) is 22.2 Å². The molecule has 12 atom stereocenters. The van der Waals surface area contributed by atoms with E-state index in [1.807, 2.05) is 81.5 Å². The summed E-state index contributed by atoms with van der Waals surface area (Å²) in [6, 6.07) is 11.8. The van der Waals surface area contributed by atoms with Crippen LogP contribution in [0.2, 0.25) is 0 Å². The molecular formula is C69H92N4O13. The molecule has 0 radical (unpaired) electrons. The second-order valence-electron chi connectivity index (χ2n) is 27.1. The minimum atomic E-state index is -2.48. The molecule has 1 spiro atoms. The van der Waals surface area contributed by atoms with E-state index in [4.69, 9.17) is 33.3 Å². The molecule has 3 N–H and O–H groups in total. The zero-order chi connectivity index (χ0) is 61.9. The van der Waals surface area contributed by atoms with Crippen molar-refractivity contribution in [3.63, 3.8) is 0 Å². The first-order valence-electron chi connectivity index (χ1n) is 31.0. The highest BCUT2D eigenvalue weighted by atomic mass is 16.8. The van der Waals surface area contributed by atoms with E-state index in [-0.39, 0.29) is 23.9 Å². The van der Waals surface area contributed by atoms with Crippen LogP contribution in [-0.4, -0.2) is 147 Å². The number of carbonyl (C=O) groups is 4. The molecule has 0 aromatic heterocycles. The van der Waals surface area contributed by atoms with Gasteiger partial charge in [-0.15, -0.1) is 0 Å². The minimum Gasteiger partial charge on any atom is -0.496 e. The summed E-state index contributed by atoms with van der Waals surface area (Å²) in [6.07, 6.45) is 15.5. The van der Waals surface area contributed by atoms with Crippen molar-refractivity contribution in [3.8, 4) is 5.75 Å². The molecule has 3 aliphatic carbocycles. The predicted octanol–water partition coefficient (Wildman–Crippen LogP) is 10.5. The van der Waals surface area contributed by atoms with Gasteiger partial charge in [0, 0.05) is 79.4 Å². The SMILES string of the molecule is CC[C@@]1(O)C[C@H]2CN(CC/C=C(\Nc3ccccc3)[C@@](C(=O)OC)(c3cc4c(cc3OC)N(OC)[C@H]3[C@@](OC(=O)O[C@@H]5CC(C)=C(/C=C/C=C/C6=C(C)C[C@H](O)CC6(C)C)C(C)(C)C5)(C(=O)OC)[C@H](OC(C)=O)[C@]5(CC)C=CCN6CC[C@]43[C@@H]65)C2)C1. The lowest BCUT2D eigenvalue weighted by atomic mass is 9.47. The predicted molar refractivity (Wildman–Crippen MR) is 328 cm³/mol. The maximum absolute atomic E-state index is 15.8. The number of rotatable bonds is 15. The number of nitrogens with zero attached hydrogens (tertiary/aromatic N) is 3. The Labute approximate surface area is 508 Å². The highest BCUT2D eigenvalue weighted by molar-refractivity contribution is 5.92. The first kappa shape index (κ1) is 62.8. The average Bonchev–Trinajstić information content (AvgIpc) is 1.49. The van der Waals surface area contributed by atoms with Gasteiger partial charge in [0.05, 0.1) is 45.8 Å². The third kappa shape index (κ3) is 10.4. The van der Waals surface area contributed by atoms with E-state index < -0.39 is 81.2 Å². The fraction of sp³-hybridized carbons (Fsp3) is 0.594. The van der Waals surface area contributed by atoms with Crippen LogP contribution < -0.4 is 15.1 Å². The molecule has 5 aliphatic heterocycles. The molecule has 2 bridgehead atoms. The van der Waals surface area contributed by atoms with Gasteiger partial charge < -0.3 is 44.0 Å². The second-order valence-corrected chi connectivity index (χ2v) is 27.1. The normalized spacial score (nSPS) is 35.1. The molecule has 466 valence electrons. The monoisotopic (exact) mass is 1180 g/mol. The van der Waals surface area contributed by atoms with E-state index in [0.29, 0.717) is 119 Å². The number of hydrogen-bond acceptors (Lipinski definition) is 17. The molecule has 1 saturated carbocycles. The van der Waals surface area contributed by atoms with Gasteiger partial charge in [0.2, 0.25) is 0 Å². The molecule has 1 unspecified atom stereocenters. The largest absolute Gasteiger partial charge is 0.509 e. The van der Waals surface area contributed by atoms with E-state index in [2.05, 4.69) is 74.0 Å². The number of piperidine rings is 1. The fourth-order valence-corrected chi connectivity index (χ4v) is 17.8. The Kier molecular flexibility index (Phi) is 17.3. The molecule has 8 aliphatic rings. The zero-order valence-corrected chi connectivity index (χ0v) is 52.9. The first-order valence-corrected chi connectivity index (χ1v) is 31.0. The van der Waals surface area contributed by atoms with Crippen LogP contribution in [0.25, 0.3) is 0 Å². The van der Waals surface area contributed by atoms with Crippen LogP contribution in [0.3, 0.4) is 0 Å². The van der Waals surface area contributed by atoms with Crippen LogP contribution in [0.15, 0.2) is 113 Å². The number of carbonyl (C=O) groups excluding carboxylic acids is 4. The number of para-hydroxylation sites is 1. The summed E-state index contributed by atoms with van der Waals surface area (Å²) in [5.41, 5.74) is -0.554. The van der Waals surface area contributed by atoms with E-state index in [1.54, 1.807) is 12.2 Å². The van der Waals surface area contributed by atoms with Crippen molar-refractivity contribution in [2.75, 3.05) is 71.5 Å². The first-order chi connectivity index (χ1) is 40.9. The summed E-state index contributed by atoms with van der Waals surface area (Å²) in [4.78, 5) is 72.1. The van der Waals surface area contributed by atoms with Gasteiger partial charge in [0.1, 0.15) is 23.3 Å². The summed E-state index contributed by atoms with van der Waals surface area (Å²) in [7, 11) is 5.68. The Hall–Kier alpha value is -6.24. The van der Waals surface area contributed by atoms with Crippen molar-refractivity contribution in [2.45, 2.75) is 179 Å². The van der Waals surface area contributed by atoms with Crippen LogP contribution in [0.5, 0.6) is 5.75 Å². The number of methoxy groups -OCH3 is 3. The Morgan fingerprint density at radius 2 is 1.49 bits per heavy atom. The number of hydroxylamine groups is 1. The Balaban J connectivity index is 1.12. The number of fused-ring (bicyclic) bond motifs is 3. The molecule has 17 heteroatoms. The van der Waals surface area contributed by atoms with Crippen LogP contribution in [0, 0.1) is 22.2 Å². The zero-order valence-electron chi connectivity index (χ0n) is 52.9. The quantitative estimate of drug-likeness (QED) is 0.0659. The van der Waals surface area contributed by atoms with Crippen LogP contribution in [0.1, 0.15) is 138 Å². The third-order valence-electron chi connectivity index (χ3n) is 20.9. The molecule has 10 rings (SSSR count). The maximum Gasteiger partial charge on any atom is 0.509 e. The van der Waals surface area contributed by atoms with Gasteiger partial charge >= 0.3 is 24.1 Å². The van der Waals surface area contributed by atoms with Crippen molar-refractivity contribution in [1.29, 1.82) is 0 Å². The van der Waals surface area contributed by atoms with E-state index in [1.165, 1.54) is 39.4 Å². The number of esters is 3. The molecule has 17 nitrogen and oxygen atoms in total. The number of aliphatic hydroxyl groups excluding tert-OH is 1. The lowest BCUT2D eigenvalue weighted by Gasteiger charge is -2.63. The Morgan fingerprint density at radius 3 is 2.10 bits per heavy atom. The standard InChI is InChI=1S/C69H92N4O13/c1-14-65(79)37-46-38-68(60(76)81-11,56(27-21-30-71(41-46)42-65)70-47-23-17-16-18-24-47)53-35-52-54(36-55(53)80-10)73(83-13)58-67(52)29-32-72-31-22-28-66(15-2,57(67)72)59(84-45(5)74)69(58,61(77)82-12)86-62(78)85-49-34-44(4)51(64(8,9)40-49)26-20-19-25-50-43(3)33-48(75)39-63(50,6)7/h16-20,22-28,35-36,46,48-49,57-59,70,75,79H,14-15,21,29-34,37-42H2,1-13H3/b25-19+,26-20+,56-27-/t46-,48+,49-,57+,58-,59-,65-,66-,67-,68+,69+/m1/s1. The van der Waals surface area contributed by atoms with Crippen LogP contribution in [0.4, 0.5) is 16.2 Å². The number of hydrogen-bond donors (Lipinski definition) is 3. The number of ether oxygens (including phenoxy) is 6. The fourth-order valence-electron chi connectivity index (χ4n) is 17.8. The molecule has 0 amide bonds. The molecule has 2 aromatic rings. The number of nitrogens with one attached hydrogen (secondary N) is 1. The Bertz CT molecular complexity index is 3160. The van der Waals surface area contributed by atoms with Crippen molar-refractivity contribution < 1.29 is 62.6 Å². The topological polar surface area (TPSA) is 195 Å². The summed E-state index contributed by atoms with van der Waals surface area (Å²) in [5.74, 6) is -2.09. The summed E-state index contributed by atoms with van der Waals surface area (Å²) in [6.45, 7) is 20.8. The van der Waals surface area contributed by atoms with Gasteiger partial charge in [-0.25, -0.2) is 14.7 Å². The van der Waals surface area contributed by atoms with E-state index in [0.717, 1.165) is 16.8 Å². The smallest absolute Gasteiger partial charge is 0.496 e. The molecule has 2 saturated heterocycles. The van der Waals surface area contributed by atoms with Crippen LogP contribution in [-0.2, 0) is 53.7 Å². The summed E-state index contributed by atoms with van der Waals surface area (Å²) in [5, 5.41) is 28.0. The lowest BCUT2D eigenvalue weighted by Crippen LogP contribution is -2.82. The van der Waals surface area contributed by atoms with Gasteiger partial charge in [0.15, 0.2) is 6.10 Å². The molecule has 3 fully saturated rings. The molecule has 86 heavy (non-hydrogen) atoms. The molecular weight excluding hydrogens is 1090 g/mol.